The normalized spacial score (nSPS) is 10.9. The average molecular weight is 309 g/mol. The van der Waals surface area contributed by atoms with Gasteiger partial charge in [-0.25, -0.2) is 9.97 Å². The van der Waals surface area contributed by atoms with Crippen molar-refractivity contribution < 1.29 is 4.74 Å². The van der Waals surface area contributed by atoms with Crippen molar-refractivity contribution in [2.45, 2.75) is 6.54 Å². The smallest absolute Gasteiger partial charge is 0.224 e. The monoisotopic (exact) mass is 308 g/mol. The van der Waals surface area contributed by atoms with Crippen molar-refractivity contribution in [2.24, 2.45) is 0 Å². The number of fused-ring (bicyclic) bond motifs is 1. The van der Waals surface area contributed by atoms with Gasteiger partial charge in [0.15, 0.2) is 5.15 Å². The lowest BCUT2D eigenvalue weighted by atomic mass is 10.2. The minimum Gasteiger partial charge on any atom is -0.497 e. The second kappa shape index (κ2) is 5.26. The van der Waals surface area contributed by atoms with E-state index in [2.05, 4.69) is 15.1 Å². The minimum atomic E-state index is 0.117. The van der Waals surface area contributed by atoms with E-state index in [1.54, 1.807) is 18.0 Å². The molecular weight excluding hydrogens is 299 g/mol. The zero-order chi connectivity index (χ0) is 14.1. The lowest BCUT2D eigenvalue weighted by Crippen LogP contribution is -2.02. The number of ether oxygens (including phenoxy) is 1. The van der Waals surface area contributed by atoms with Crippen LogP contribution in [-0.4, -0.2) is 26.9 Å². The van der Waals surface area contributed by atoms with Gasteiger partial charge < -0.3 is 4.74 Å². The van der Waals surface area contributed by atoms with E-state index in [-0.39, 0.29) is 5.28 Å². The van der Waals surface area contributed by atoms with E-state index in [1.165, 1.54) is 0 Å². The Hall–Kier alpha value is -1.85. The van der Waals surface area contributed by atoms with Crippen molar-refractivity contribution in [2.75, 3.05) is 7.11 Å². The standard InChI is InChI=1S/C13H10Cl2N4O/c1-20-9-4-2-8(3-5-9)7-19-11-10(6-16-19)17-13(15)18-12(11)14/h2-6H,7H2,1H3. The van der Waals surface area contributed by atoms with Gasteiger partial charge in [0, 0.05) is 0 Å². The van der Waals surface area contributed by atoms with Gasteiger partial charge >= 0.3 is 0 Å². The van der Waals surface area contributed by atoms with Crippen LogP contribution in [0.1, 0.15) is 5.56 Å². The minimum absolute atomic E-state index is 0.117. The van der Waals surface area contributed by atoms with Crippen LogP contribution in [-0.2, 0) is 6.54 Å². The summed E-state index contributed by atoms with van der Waals surface area (Å²) in [6.07, 6.45) is 1.62. The Balaban J connectivity index is 1.98. The van der Waals surface area contributed by atoms with Gasteiger partial charge in [-0.15, -0.1) is 0 Å². The second-order valence-electron chi connectivity index (χ2n) is 4.17. The Morgan fingerprint density at radius 1 is 1.15 bits per heavy atom. The maximum Gasteiger partial charge on any atom is 0.224 e. The molecule has 3 aromatic rings. The van der Waals surface area contributed by atoms with Crippen molar-refractivity contribution in [3.8, 4) is 5.75 Å². The molecule has 1 aromatic carbocycles. The molecule has 0 saturated heterocycles. The molecule has 0 N–H and O–H groups in total. The van der Waals surface area contributed by atoms with Crippen LogP contribution in [0.5, 0.6) is 5.75 Å². The molecule has 0 fully saturated rings. The Kier molecular flexibility index (Phi) is 3.46. The Bertz CT molecular complexity index is 755. The molecule has 0 atom stereocenters. The topological polar surface area (TPSA) is 52.8 Å². The SMILES string of the molecule is COc1ccc(Cn2ncc3nc(Cl)nc(Cl)c32)cc1. The summed E-state index contributed by atoms with van der Waals surface area (Å²) in [6, 6.07) is 7.74. The molecule has 0 radical (unpaired) electrons. The van der Waals surface area contributed by atoms with Gasteiger partial charge in [0.1, 0.15) is 16.8 Å². The summed E-state index contributed by atoms with van der Waals surface area (Å²) in [6.45, 7) is 0.568. The van der Waals surface area contributed by atoms with Crippen LogP contribution >= 0.6 is 23.2 Å². The Morgan fingerprint density at radius 3 is 2.60 bits per heavy atom. The van der Waals surface area contributed by atoms with Gasteiger partial charge in [-0.2, -0.15) is 5.10 Å². The second-order valence-corrected chi connectivity index (χ2v) is 4.86. The largest absolute Gasteiger partial charge is 0.497 e. The molecule has 0 aliphatic rings. The molecule has 0 aliphatic heterocycles. The molecule has 7 heteroatoms. The van der Waals surface area contributed by atoms with Crippen molar-refractivity contribution in [1.29, 1.82) is 0 Å². The predicted molar refractivity (Wildman–Crippen MR) is 77.4 cm³/mol. The summed E-state index contributed by atoms with van der Waals surface area (Å²) in [4.78, 5) is 8.04. The first-order valence-corrected chi connectivity index (χ1v) is 6.60. The molecule has 0 spiro atoms. The van der Waals surface area contributed by atoms with Gasteiger partial charge in [-0.05, 0) is 29.3 Å². The number of nitrogens with zero attached hydrogens (tertiary/aromatic N) is 4. The molecule has 0 amide bonds. The number of methoxy groups -OCH3 is 1. The third kappa shape index (κ3) is 2.42. The van der Waals surface area contributed by atoms with E-state index in [0.29, 0.717) is 22.7 Å². The number of halogens is 2. The van der Waals surface area contributed by atoms with Crippen molar-refractivity contribution in [3.05, 3.63) is 46.5 Å². The first kappa shape index (κ1) is 13.1. The summed E-state index contributed by atoms with van der Waals surface area (Å²) < 4.78 is 6.87. The molecular formula is C13H10Cl2N4O. The van der Waals surface area contributed by atoms with Crippen LogP contribution in [0.15, 0.2) is 30.5 Å². The van der Waals surface area contributed by atoms with Crippen LogP contribution in [0.2, 0.25) is 10.4 Å². The highest BCUT2D eigenvalue weighted by Crippen LogP contribution is 2.22. The molecule has 2 aromatic heterocycles. The summed E-state index contributed by atoms with van der Waals surface area (Å²) >= 11 is 11.9. The lowest BCUT2D eigenvalue weighted by Gasteiger charge is -2.06. The fourth-order valence-corrected chi connectivity index (χ4v) is 2.44. The number of rotatable bonds is 3. The molecule has 0 saturated carbocycles. The quantitative estimate of drug-likeness (QED) is 0.551. The molecule has 2 heterocycles. The summed E-state index contributed by atoms with van der Waals surface area (Å²) in [5, 5.41) is 4.69. The maximum absolute atomic E-state index is 6.11. The third-order valence-corrected chi connectivity index (χ3v) is 3.34. The molecule has 5 nitrogen and oxygen atoms in total. The highest BCUT2D eigenvalue weighted by molar-refractivity contribution is 6.35. The van der Waals surface area contributed by atoms with Crippen molar-refractivity contribution >= 4 is 34.2 Å². The predicted octanol–water partition coefficient (Wildman–Crippen LogP) is 3.19. The van der Waals surface area contributed by atoms with Crippen molar-refractivity contribution in [1.82, 2.24) is 19.7 Å². The van der Waals surface area contributed by atoms with Gasteiger partial charge in [-0.3, -0.25) is 4.68 Å². The number of aromatic nitrogens is 4. The van der Waals surface area contributed by atoms with E-state index in [9.17, 15) is 0 Å². The summed E-state index contributed by atoms with van der Waals surface area (Å²) in [7, 11) is 1.64. The first-order valence-electron chi connectivity index (χ1n) is 5.85. The average Bonchev–Trinajstić information content (AvgIpc) is 2.82. The maximum atomic E-state index is 6.11. The van der Waals surface area contributed by atoms with Crippen LogP contribution < -0.4 is 4.74 Å². The number of hydrogen-bond donors (Lipinski definition) is 0. The zero-order valence-electron chi connectivity index (χ0n) is 10.5. The van der Waals surface area contributed by atoms with Gasteiger partial charge in [0.2, 0.25) is 5.28 Å². The molecule has 102 valence electrons. The van der Waals surface area contributed by atoms with E-state index in [1.807, 2.05) is 24.3 Å². The number of benzene rings is 1. The highest BCUT2D eigenvalue weighted by atomic mass is 35.5. The van der Waals surface area contributed by atoms with Crippen LogP contribution in [0.25, 0.3) is 11.0 Å². The van der Waals surface area contributed by atoms with Crippen molar-refractivity contribution in [3.63, 3.8) is 0 Å². The van der Waals surface area contributed by atoms with E-state index in [4.69, 9.17) is 27.9 Å². The van der Waals surface area contributed by atoms with E-state index in [0.717, 1.165) is 11.3 Å². The van der Waals surface area contributed by atoms with Crippen LogP contribution in [0.4, 0.5) is 0 Å². The molecule has 0 aliphatic carbocycles. The Labute approximate surface area is 125 Å². The number of hydrogen-bond acceptors (Lipinski definition) is 4. The Morgan fingerprint density at radius 2 is 1.90 bits per heavy atom. The summed E-state index contributed by atoms with van der Waals surface area (Å²) in [5.41, 5.74) is 2.37. The van der Waals surface area contributed by atoms with Gasteiger partial charge in [-0.1, -0.05) is 23.7 Å². The third-order valence-electron chi connectivity index (χ3n) is 2.91. The van der Waals surface area contributed by atoms with Crippen LogP contribution in [0.3, 0.4) is 0 Å². The zero-order valence-corrected chi connectivity index (χ0v) is 12.1. The highest BCUT2D eigenvalue weighted by Gasteiger charge is 2.11. The lowest BCUT2D eigenvalue weighted by molar-refractivity contribution is 0.414. The van der Waals surface area contributed by atoms with E-state index < -0.39 is 0 Å². The fraction of sp³-hybridized carbons (Fsp3) is 0.154. The molecule has 3 rings (SSSR count). The molecule has 0 unspecified atom stereocenters. The van der Waals surface area contributed by atoms with Gasteiger partial charge in [0.05, 0.1) is 19.9 Å². The summed E-state index contributed by atoms with van der Waals surface area (Å²) in [5.74, 6) is 0.812. The van der Waals surface area contributed by atoms with Gasteiger partial charge in [0.25, 0.3) is 0 Å². The fourth-order valence-electron chi connectivity index (χ4n) is 1.95. The molecule has 20 heavy (non-hydrogen) atoms. The molecule has 0 bridgehead atoms. The first-order chi connectivity index (χ1) is 9.67. The van der Waals surface area contributed by atoms with Crippen LogP contribution in [0, 0.1) is 0 Å². The van der Waals surface area contributed by atoms with E-state index >= 15 is 0 Å².